The number of carbonyl (C=O) groups is 1. The fourth-order valence-corrected chi connectivity index (χ4v) is 4.75. The summed E-state index contributed by atoms with van der Waals surface area (Å²) in [6, 6.07) is 14.4. The number of rotatable bonds is 3. The quantitative estimate of drug-likeness (QED) is 0.765. The van der Waals surface area contributed by atoms with Crippen LogP contribution in [0.3, 0.4) is 0 Å². The molecule has 4 heterocycles. The Kier molecular flexibility index (Phi) is 4.20. The highest BCUT2D eigenvalue weighted by Gasteiger charge is 2.46. The number of aromatic nitrogens is 2. The van der Waals surface area contributed by atoms with Gasteiger partial charge in [0.05, 0.1) is 11.6 Å². The van der Waals surface area contributed by atoms with Crippen molar-refractivity contribution in [3.63, 3.8) is 0 Å². The summed E-state index contributed by atoms with van der Waals surface area (Å²) in [5, 5.41) is 3.34. The molecule has 2 saturated heterocycles. The van der Waals surface area contributed by atoms with Gasteiger partial charge in [0.1, 0.15) is 5.65 Å². The molecule has 1 N–H and O–H groups in total. The highest BCUT2D eigenvalue weighted by atomic mass is 16.2. The Labute approximate surface area is 165 Å². The molecular weight excluding hydrogens is 348 g/mol. The fourth-order valence-electron chi connectivity index (χ4n) is 4.75. The Hall–Kier alpha value is -2.66. The first-order valence-corrected chi connectivity index (χ1v) is 10.1. The number of piperidine rings is 1. The molecule has 0 radical (unpaired) electrons. The lowest BCUT2D eigenvalue weighted by Crippen LogP contribution is -2.50. The highest BCUT2D eigenvalue weighted by Crippen LogP contribution is 2.39. The Morgan fingerprint density at radius 2 is 1.96 bits per heavy atom. The molecule has 28 heavy (non-hydrogen) atoms. The van der Waals surface area contributed by atoms with Crippen LogP contribution in [0.2, 0.25) is 0 Å². The van der Waals surface area contributed by atoms with Gasteiger partial charge < -0.3 is 9.72 Å². The molecule has 1 amide bonds. The second-order valence-corrected chi connectivity index (χ2v) is 8.41. The number of amides is 1. The predicted octanol–water partition coefficient (Wildman–Crippen LogP) is 3.28. The molecular formula is C23H26N4O. The molecule has 1 atom stereocenters. The number of hydrogen-bond acceptors (Lipinski definition) is 3. The molecule has 2 fully saturated rings. The van der Waals surface area contributed by atoms with Crippen molar-refractivity contribution in [1.29, 1.82) is 0 Å². The minimum absolute atomic E-state index is 0.00516. The number of aryl methyl sites for hydroxylation is 1. The van der Waals surface area contributed by atoms with E-state index >= 15 is 0 Å². The summed E-state index contributed by atoms with van der Waals surface area (Å²) >= 11 is 0. The van der Waals surface area contributed by atoms with Crippen molar-refractivity contribution in [2.75, 3.05) is 13.1 Å². The molecule has 5 nitrogen and oxygen atoms in total. The first kappa shape index (κ1) is 17.4. The number of carbonyl (C=O) groups excluding carboxylic acids is 1. The van der Waals surface area contributed by atoms with Crippen LogP contribution in [0.4, 0.5) is 0 Å². The normalized spacial score (nSPS) is 22.0. The minimum Gasteiger partial charge on any atom is -0.350 e. The summed E-state index contributed by atoms with van der Waals surface area (Å²) < 4.78 is 2.09. The summed E-state index contributed by atoms with van der Waals surface area (Å²) in [4.78, 5) is 19.8. The molecule has 0 bridgehead atoms. The van der Waals surface area contributed by atoms with Crippen molar-refractivity contribution in [2.24, 2.45) is 0 Å². The van der Waals surface area contributed by atoms with E-state index in [4.69, 9.17) is 4.98 Å². The first-order chi connectivity index (χ1) is 13.6. The van der Waals surface area contributed by atoms with E-state index in [1.807, 2.05) is 18.2 Å². The number of fused-ring (bicyclic) bond motifs is 1. The van der Waals surface area contributed by atoms with E-state index in [9.17, 15) is 4.79 Å². The Morgan fingerprint density at radius 3 is 2.75 bits per heavy atom. The van der Waals surface area contributed by atoms with Crippen molar-refractivity contribution in [2.45, 2.75) is 44.2 Å². The molecule has 0 aliphatic carbocycles. The third kappa shape index (κ3) is 3.20. The van der Waals surface area contributed by atoms with Gasteiger partial charge in [0.2, 0.25) is 5.91 Å². The lowest BCUT2D eigenvalue weighted by molar-refractivity contribution is -0.121. The third-order valence-electron chi connectivity index (χ3n) is 6.37. The number of nitrogens with zero attached hydrogens (tertiary/aromatic N) is 3. The third-order valence-corrected chi connectivity index (χ3v) is 6.37. The summed E-state index contributed by atoms with van der Waals surface area (Å²) in [7, 11) is 0. The van der Waals surface area contributed by atoms with Crippen LogP contribution in [-0.2, 0) is 11.3 Å². The van der Waals surface area contributed by atoms with Crippen LogP contribution in [0, 0.1) is 6.92 Å². The number of nitrogens with one attached hydrogen (secondary N) is 1. The average molecular weight is 374 g/mol. The van der Waals surface area contributed by atoms with Crippen LogP contribution in [0.15, 0.2) is 54.9 Å². The molecule has 5 heteroatoms. The Balaban J connectivity index is 1.24. The maximum Gasteiger partial charge on any atom is 0.228 e. The molecule has 1 spiro atoms. The van der Waals surface area contributed by atoms with Crippen LogP contribution < -0.4 is 5.32 Å². The molecule has 144 valence electrons. The predicted molar refractivity (Wildman–Crippen MR) is 109 cm³/mol. The molecule has 5 rings (SSSR count). The van der Waals surface area contributed by atoms with E-state index in [0.29, 0.717) is 0 Å². The Morgan fingerprint density at radius 1 is 1.18 bits per heavy atom. The summed E-state index contributed by atoms with van der Waals surface area (Å²) in [5.41, 5.74) is 4.45. The number of pyridine rings is 1. The van der Waals surface area contributed by atoms with Gasteiger partial charge in [-0.05, 0) is 49.4 Å². The van der Waals surface area contributed by atoms with Gasteiger partial charge in [0.15, 0.2) is 0 Å². The van der Waals surface area contributed by atoms with Gasteiger partial charge in [-0.25, -0.2) is 4.98 Å². The number of benzene rings is 1. The lowest BCUT2D eigenvalue weighted by Gasteiger charge is -2.39. The van der Waals surface area contributed by atoms with E-state index in [2.05, 4.69) is 58.2 Å². The SMILES string of the molecule is Cc1ccn2cc(CN3CCC4(CC3)C[C@@H](c3ccccc3)C(=O)N4)nc2c1. The maximum absolute atomic E-state index is 12.6. The monoisotopic (exact) mass is 374 g/mol. The van der Waals surface area contributed by atoms with Crippen LogP contribution in [-0.4, -0.2) is 38.8 Å². The standard InChI is InChI=1S/C23H26N4O/c1-17-7-10-27-16-19(24-21(27)13-17)15-26-11-8-23(9-12-26)14-20(22(28)25-23)18-5-3-2-4-6-18/h2-7,10,13,16,20H,8-9,11-12,14-15H2,1H3,(H,25,28)/t20-/m0/s1. The van der Waals surface area contributed by atoms with Crippen LogP contribution in [0.5, 0.6) is 0 Å². The molecule has 0 unspecified atom stereocenters. The van der Waals surface area contributed by atoms with Gasteiger partial charge in [0.25, 0.3) is 0 Å². The van der Waals surface area contributed by atoms with Crippen LogP contribution >= 0.6 is 0 Å². The van der Waals surface area contributed by atoms with Crippen molar-refractivity contribution in [1.82, 2.24) is 19.6 Å². The molecule has 0 saturated carbocycles. The summed E-state index contributed by atoms with van der Waals surface area (Å²) in [6.45, 7) is 4.95. The van der Waals surface area contributed by atoms with Crippen molar-refractivity contribution in [3.8, 4) is 0 Å². The van der Waals surface area contributed by atoms with Crippen LogP contribution in [0.1, 0.15) is 42.0 Å². The summed E-state index contributed by atoms with van der Waals surface area (Å²) in [5.74, 6) is 0.185. The van der Waals surface area contributed by atoms with Gasteiger partial charge in [-0.3, -0.25) is 9.69 Å². The highest BCUT2D eigenvalue weighted by molar-refractivity contribution is 5.87. The average Bonchev–Trinajstić information content (AvgIpc) is 3.24. The minimum atomic E-state index is -0.0376. The molecule has 2 aliphatic heterocycles. The van der Waals surface area contributed by atoms with Crippen molar-refractivity contribution in [3.05, 3.63) is 71.7 Å². The number of hydrogen-bond donors (Lipinski definition) is 1. The van der Waals surface area contributed by atoms with E-state index in [-0.39, 0.29) is 17.4 Å². The smallest absolute Gasteiger partial charge is 0.228 e. The van der Waals surface area contributed by atoms with Gasteiger partial charge >= 0.3 is 0 Å². The first-order valence-electron chi connectivity index (χ1n) is 10.1. The van der Waals surface area contributed by atoms with Crippen molar-refractivity contribution < 1.29 is 4.79 Å². The van der Waals surface area contributed by atoms with Crippen LogP contribution in [0.25, 0.3) is 5.65 Å². The topological polar surface area (TPSA) is 49.6 Å². The second kappa shape index (κ2) is 6.74. The molecule has 3 aromatic rings. The zero-order chi connectivity index (χ0) is 19.1. The van der Waals surface area contributed by atoms with E-state index in [1.54, 1.807) is 0 Å². The van der Waals surface area contributed by atoms with Gasteiger partial charge in [-0.15, -0.1) is 0 Å². The van der Waals surface area contributed by atoms with Gasteiger partial charge in [0, 0.05) is 37.6 Å². The van der Waals surface area contributed by atoms with E-state index < -0.39 is 0 Å². The summed E-state index contributed by atoms with van der Waals surface area (Å²) in [6.07, 6.45) is 7.13. The fraction of sp³-hybridized carbons (Fsp3) is 0.391. The lowest BCUT2D eigenvalue weighted by atomic mass is 9.82. The molecule has 1 aromatic carbocycles. The molecule has 2 aromatic heterocycles. The molecule has 2 aliphatic rings. The largest absolute Gasteiger partial charge is 0.350 e. The van der Waals surface area contributed by atoms with Gasteiger partial charge in [-0.2, -0.15) is 0 Å². The number of likely N-dealkylation sites (tertiary alicyclic amines) is 1. The van der Waals surface area contributed by atoms with E-state index in [0.717, 1.165) is 55.8 Å². The van der Waals surface area contributed by atoms with Crippen molar-refractivity contribution >= 4 is 11.6 Å². The van der Waals surface area contributed by atoms with E-state index in [1.165, 1.54) is 5.56 Å². The Bertz CT molecular complexity index is 1000. The maximum atomic E-state index is 12.6. The zero-order valence-corrected chi connectivity index (χ0v) is 16.3. The second-order valence-electron chi connectivity index (χ2n) is 8.41. The van der Waals surface area contributed by atoms with Gasteiger partial charge in [-0.1, -0.05) is 30.3 Å². The zero-order valence-electron chi connectivity index (χ0n) is 16.3. The number of imidazole rings is 1.